The third kappa shape index (κ3) is 3.75. The lowest BCUT2D eigenvalue weighted by Crippen LogP contribution is -2.33. The fourth-order valence-corrected chi connectivity index (χ4v) is 4.55. The number of thioether (sulfide) groups is 1. The van der Waals surface area contributed by atoms with Crippen LogP contribution in [0.15, 0.2) is 29.2 Å². The molecule has 0 spiro atoms. The molecule has 0 heterocycles. The summed E-state index contributed by atoms with van der Waals surface area (Å²) in [6.07, 6.45) is 4.34. The topological polar surface area (TPSA) is 66.4 Å². The molecule has 2 N–H and O–H groups in total. The summed E-state index contributed by atoms with van der Waals surface area (Å²) in [4.78, 5) is 0.259. The molecule has 20 heavy (non-hydrogen) atoms. The fraction of sp³-hybridized carbons (Fsp3) is 0.571. The highest BCUT2D eigenvalue weighted by atomic mass is 32.2. The Morgan fingerprint density at radius 2 is 1.95 bits per heavy atom. The summed E-state index contributed by atoms with van der Waals surface area (Å²) in [5.41, 5.74) is 0.715. The van der Waals surface area contributed by atoms with Crippen molar-refractivity contribution in [1.82, 2.24) is 4.72 Å². The summed E-state index contributed by atoms with van der Waals surface area (Å²) >= 11 is 1.80. The lowest BCUT2D eigenvalue weighted by Gasteiger charge is -2.14. The van der Waals surface area contributed by atoms with Gasteiger partial charge in [-0.15, -0.1) is 0 Å². The lowest BCUT2D eigenvalue weighted by atomic mass is 10.1. The molecule has 1 aliphatic rings. The summed E-state index contributed by atoms with van der Waals surface area (Å²) in [5, 5.41) is 9.99. The van der Waals surface area contributed by atoms with Crippen LogP contribution in [-0.2, 0) is 10.0 Å². The van der Waals surface area contributed by atoms with E-state index < -0.39 is 16.1 Å². The van der Waals surface area contributed by atoms with Gasteiger partial charge in [0.2, 0.25) is 10.0 Å². The van der Waals surface area contributed by atoms with Gasteiger partial charge in [-0.2, -0.15) is 11.8 Å². The molecule has 0 bridgehead atoms. The minimum Gasteiger partial charge on any atom is -0.389 e. The Balaban J connectivity index is 2.07. The second kappa shape index (κ2) is 6.47. The molecule has 0 radical (unpaired) electrons. The standard InChI is InChI=1S/C14H21NO3S2/c1-10(16)11-3-7-14(8-4-11)20(17,18)15-12-5-6-13(9-12)19-2/h3-4,7-8,10,12-13,15-16H,5-6,9H2,1-2H3. The van der Waals surface area contributed by atoms with Gasteiger partial charge in [0.25, 0.3) is 0 Å². The van der Waals surface area contributed by atoms with Crippen LogP contribution in [0.3, 0.4) is 0 Å². The maximum Gasteiger partial charge on any atom is 0.240 e. The van der Waals surface area contributed by atoms with E-state index in [1.54, 1.807) is 43.0 Å². The Hall–Kier alpha value is -0.560. The van der Waals surface area contributed by atoms with Crippen molar-refractivity contribution in [3.63, 3.8) is 0 Å². The third-order valence-electron chi connectivity index (χ3n) is 3.71. The predicted molar refractivity (Wildman–Crippen MR) is 82.3 cm³/mol. The molecule has 1 aromatic rings. The average molecular weight is 315 g/mol. The molecule has 1 fully saturated rings. The molecular formula is C14H21NO3S2. The Morgan fingerprint density at radius 1 is 1.30 bits per heavy atom. The van der Waals surface area contributed by atoms with E-state index in [0.29, 0.717) is 10.8 Å². The highest BCUT2D eigenvalue weighted by molar-refractivity contribution is 7.99. The van der Waals surface area contributed by atoms with E-state index >= 15 is 0 Å². The molecule has 0 aromatic heterocycles. The quantitative estimate of drug-likeness (QED) is 0.875. The Bertz CT molecular complexity index is 540. The molecule has 1 aliphatic carbocycles. The molecular weight excluding hydrogens is 294 g/mol. The second-order valence-corrected chi connectivity index (χ2v) is 8.09. The zero-order valence-electron chi connectivity index (χ0n) is 11.7. The number of rotatable bonds is 5. The van der Waals surface area contributed by atoms with Crippen molar-refractivity contribution < 1.29 is 13.5 Å². The van der Waals surface area contributed by atoms with Crippen molar-refractivity contribution in [2.24, 2.45) is 0 Å². The number of hydrogen-bond donors (Lipinski definition) is 2. The molecule has 112 valence electrons. The molecule has 4 nitrogen and oxygen atoms in total. The molecule has 1 aromatic carbocycles. The second-order valence-electron chi connectivity index (χ2n) is 5.23. The van der Waals surface area contributed by atoms with Crippen LogP contribution in [0.4, 0.5) is 0 Å². The molecule has 0 amide bonds. The first kappa shape index (κ1) is 15.8. The van der Waals surface area contributed by atoms with Gasteiger partial charge in [0, 0.05) is 11.3 Å². The third-order valence-corrected chi connectivity index (χ3v) is 6.34. The summed E-state index contributed by atoms with van der Waals surface area (Å²) in [6, 6.07) is 6.43. The molecule has 0 aliphatic heterocycles. The average Bonchev–Trinajstić information content (AvgIpc) is 2.85. The van der Waals surface area contributed by atoms with E-state index in [9.17, 15) is 13.5 Å². The normalized spacial score (nSPS) is 24.8. The van der Waals surface area contributed by atoms with Crippen LogP contribution < -0.4 is 4.72 Å². The molecule has 3 unspecified atom stereocenters. The summed E-state index contributed by atoms with van der Waals surface area (Å²) in [5.74, 6) is 0. The SMILES string of the molecule is CSC1CCC(NS(=O)(=O)c2ccc(C(C)O)cc2)C1. The number of aliphatic hydroxyl groups is 1. The minimum atomic E-state index is -3.46. The van der Waals surface area contributed by atoms with E-state index in [0.717, 1.165) is 19.3 Å². The number of hydrogen-bond acceptors (Lipinski definition) is 4. The smallest absolute Gasteiger partial charge is 0.240 e. The minimum absolute atomic E-state index is 0.0360. The van der Waals surface area contributed by atoms with Crippen molar-refractivity contribution in [3.05, 3.63) is 29.8 Å². The summed E-state index contributed by atoms with van der Waals surface area (Å²) in [6.45, 7) is 1.66. The van der Waals surface area contributed by atoms with Crippen LogP contribution in [-0.4, -0.2) is 31.1 Å². The Morgan fingerprint density at radius 3 is 2.45 bits per heavy atom. The maximum absolute atomic E-state index is 12.3. The zero-order chi connectivity index (χ0) is 14.8. The first-order valence-electron chi connectivity index (χ1n) is 6.75. The van der Waals surface area contributed by atoms with E-state index in [2.05, 4.69) is 11.0 Å². The van der Waals surface area contributed by atoms with Gasteiger partial charge in [0.15, 0.2) is 0 Å². The van der Waals surface area contributed by atoms with Gasteiger partial charge >= 0.3 is 0 Å². The van der Waals surface area contributed by atoms with E-state index in [1.165, 1.54) is 0 Å². The highest BCUT2D eigenvalue weighted by Crippen LogP contribution is 2.29. The first-order valence-corrected chi connectivity index (χ1v) is 9.52. The van der Waals surface area contributed by atoms with Crippen LogP contribution in [0.1, 0.15) is 37.9 Å². The number of sulfonamides is 1. The zero-order valence-corrected chi connectivity index (χ0v) is 13.4. The van der Waals surface area contributed by atoms with E-state index in [-0.39, 0.29) is 10.9 Å². The fourth-order valence-electron chi connectivity index (χ4n) is 2.47. The monoisotopic (exact) mass is 315 g/mol. The van der Waals surface area contributed by atoms with Gasteiger partial charge in [-0.25, -0.2) is 13.1 Å². The van der Waals surface area contributed by atoms with Gasteiger partial charge < -0.3 is 5.11 Å². The largest absolute Gasteiger partial charge is 0.389 e. The van der Waals surface area contributed by atoms with Gasteiger partial charge in [-0.1, -0.05) is 12.1 Å². The molecule has 0 saturated heterocycles. The van der Waals surface area contributed by atoms with Crippen molar-refractivity contribution >= 4 is 21.8 Å². The van der Waals surface area contributed by atoms with Crippen LogP contribution in [0.25, 0.3) is 0 Å². The number of benzene rings is 1. The van der Waals surface area contributed by atoms with Gasteiger partial charge in [-0.05, 0) is 50.1 Å². The highest BCUT2D eigenvalue weighted by Gasteiger charge is 2.28. The first-order chi connectivity index (χ1) is 9.42. The van der Waals surface area contributed by atoms with Gasteiger partial charge in [-0.3, -0.25) is 0 Å². The van der Waals surface area contributed by atoms with Crippen LogP contribution >= 0.6 is 11.8 Å². The lowest BCUT2D eigenvalue weighted by molar-refractivity contribution is 0.199. The Kier molecular flexibility index (Phi) is 5.12. The van der Waals surface area contributed by atoms with Crippen LogP contribution in [0, 0.1) is 0 Å². The van der Waals surface area contributed by atoms with Crippen LogP contribution in [0.5, 0.6) is 0 Å². The van der Waals surface area contributed by atoms with Gasteiger partial charge in [0.1, 0.15) is 0 Å². The van der Waals surface area contributed by atoms with Crippen molar-refractivity contribution in [3.8, 4) is 0 Å². The Labute approximate surface area is 125 Å². The summed E-state index contributed by atoms with van der Waals surface area (Å²) in [7, 11) is -3.46. The molecule has 2 rings (SSSR count). The maximum atomic E-state index is 12.3. The molecule has 6 heteroatoms. The van der Waals surface area contributed by atoms with Crippen molar-refractivity contribution in [1.29, 1.82) is 0 Å². The summed E-state index contributed by atoms with van der Waals surface area (Å²) < 4.78 is 27.3. The molecule has 3 atom stereocenters. The van der Waals surface area contributed by atoms with E-state index in [4.69, 9.17) is 0 Å². The number of aliphatic hydroxyl groups excluding tert-OH is 1. The van der Waals surface area contributed by atoms with Crippen molar-refractivity contribution in [2.75, 3.05) is 6.26 Å². The van der Waals surface area contributed by atoms with Crippen LogP contribution in [0.2, 0.25) is 0 Å². The molecule has 1 saturated carbocycles. The van der Waals surface area contributed by atoms with E-state index in [1.807, 2.05) is 0 Å². The number of nitrogens with one attached hydrogen (secondary N) is 1. The predicted octanol–water partition coefficient (Wildman–Crippen LogP) is 2.30. The van der Waals surface area contributed by atoms with Gasteiger partial charge in [0.05, 0.1) is 11.0 Å². The van der Waals surface area contributed by atoms with Crippen molar-refractivity contribution in [2.45, 2.75) is 48.5 Å².